The molecule has 0 aliphatic carbocycles. The molecule has 0 aromatic carbocycles. The lowest BCUT2D eigenvalue weighted by Crippen LogP contribution is -2.37. The highest BCUT2D eigenvalue weighted by Gasteiger charge is 2.33. The predicted molar refractivity (Wildman–Crippen MR) is 67.7 cm³/mol. The number of hydrogen-bond acceptors (Lipinski definition) is 1. The van der Waals surface area contributed by atoms with Crippen LogP contribution in [0.25, 0.3) is 0 Å². The minimum atomic E-state index is -1.03. The Kier molecular flexibility index (Phi) is 6.71. The second-order valence-corrected chi connectivity index (χ2v) is 10.9. The van der Waals surface area contributed by atoms with Crippen LogP contribution >= 0.6 is 0 Å². The van der Waals surface area contributed by atoms with E-state index in [0.29, 0.717) is 0 Å². The Morgan fingerprint density at radius 2 is 1.57 bits per heavy atom. The Morgan fingerprint density at radius 1 is 1.07 bits per heavy atom. The van der Waals surface area contributed by atoms with Crippen molar-refractivity contribution in [3.05, 3.63) is 0 Å². The van der Waals surface area contributed by atoms with Gasteiger partial charge in [-0.2, -0.15) is 0 Å². The maximum absolute atomic E-state index is 5.41. The van der Waals surface area contributed by atoms with E-state index in [1.54, 1.807) is 0 Å². The molecule has 0 amide bonds. The molecular weight excluding hydrogens is 188 g/mol. The second kappa shape index (κ2) is 6.62. The summed E-state index contributed by atoms with van der Waals surface area (Å²) in [6.07, 6.45) is 1.26. The SMILES string of the molecule is CCOCCC[Si](C)(C(C)C)C(C)C. The molecule has 1 nitrogen and oxygen atoms in total. The lowest BCUT2D eigenvalue weighted by atomic mass is 10.5. The molecule has 0 bridgehead atoms. The van der Waals surface area contributed by atoms with Gasteiger partial charge in [0, 0.05) is 13.2 Å². The fourth-order valence-corrected chi connectivity index (χ4v) is 5.34. The molecule has 0 aliphatic rings. The van der Waals surface area contributed by atoms with Crippen LogP contribution < -0.4 is 0 Å². The zero-order chi connectivity index (χ0) is 11.2. The van der Waals surface area contributed by atoms with E-state index in [4.69, 9.17) is 4.74 Å². The van der Waals surface area contributed by atoms with Crippen LogP contribution in [0.1, 0.15) is 41.0 Å². The Morgan fingerprint density at radius 3 is 1.93 bits per heavy atom. The molecule has 0 saturated carbocycles. The Labute approximate surface area is 91.2 Å². The first-order chi connectivity index (χ1) is 6.45. The molecule has 0 aliphatic heterocycles. The average Bonchev–Trinajstić information content (AvgIpc) is 2.11. The van der Waals surface area contributed by atoms with E-state index in [2.05, 4.69) is 41.2 Å². The fourth-order valence-electron chi connectivity index (χ4n) is 1.94. The largest absolute Gasteiger partial charge is 0.382 e. The molecule has 0 fully saturated rings. The summed E-state index contributed by atoms with van der Waals surface area (Å²) < 4.78 is 5.41. The topological polar surface area (TPSA) is 9.23 Å². The summed E-state index contributed by atoms with van der Waals surface area (Å²) in [4.78, 5) is 0. The van der Waals surface area contributed by atoms with Crippen LogP contribution in [-0.2, 0) is 4.74 Å². The van der Waals surface area contributed by atoms with Crippen molar-refractivity contribution in [3.8, 4) is 0 Å². The molecule has 0 spiro atoms. The van der Waals surface area contributed by atoms with Crippen LogP contribution in [0, 0.1) is 0 Å². The highest BCUT2D eigenvalue weighted by Crippen LogP contribution is 2.36. The first kappa shape index (κ1) is 14.2. The van der Waals surface area contributed by atoms with Crippen molar-refractivity contribution in [3.63, 3.8) is 0 Å². The zero-order valence-electron chi connectivity index (χ0n) is 10.9. The van der Waals surface area contributed by atoms with E-state index in [1.807, 2.05) is 0 Å². The fraction of sp³-hybridized carbons (Fsp3) is 1.00. The van der Waals surface area contributed by atoms with E-state index in [9.17, 15) is 0 Å². The molecule has 0 atom stereocenters. The van der Waals surface area contributed by atoms with E-state index in [1.165, 1.54) is 12.5 Å². The molecule has 0 radical (unpaired) electrons. The number of rotatable bonds is 7. The Hall–Kier alpha value is 0.177. The van der Waals surface area contributed by atoms with Gasteiger partial charge in [0.1, 0.15) is 0 Å². The first-order valence-corrected chi connectivity index (χ1v) is 8.89. The van der Waals surface area contributed by atoms with Crippen molar-refractivity contribution in [2.75, 3.05) is 13.2 Å². The first-order valence-electron chi connectivity index (χ1n) is 6.02. The zero-order valence-corrected chi connectivity index (χ0v) is 11.9. The molecular formula is C12H28OSi. The predicted octanol–water partition coefficient (Wildman–Crippen LogP) is 4.31. The molecule has 0 rings (SSSR count). The van der Waals surface area contributed by atoms with Crippen molar-refractivity contribution in [1.29, 1.82) is 0 Å². The van der Waals surface area contributed by atoms with Gasteiger partial charge >= 0.3 is 0 Å². The van der Waals surface area contributed by atoms with E-state index < -0.39 is 8.07 Å². The summed E-state index contributed by atoms with van der Waals surface area (Å²) in [5.41, 5.74) is 1.79. The summed E-state index contributed by atoms with van der Waals surface area (Å²) in [5.74, 6) is 0. The Bertz CT molecular complexity index is 135. The van der Waals surface area contributed by atoms with Gasteiger partial charge in [0.05, 0.1) is 8.07 Å². The molecule has 0 unspecified atom stereocenters. The molecule has 0 aromatic heterocycles. The molecule has 0 N–H and O–H groups in total. The average molecular weight is 216 g/mol. The van der Waals surface area contributed by atoms with Gasteiger partial charge in [0.15, 0.2) is 0 Å². The smallest absolute Gasteiger partial charge is 0.0556 e. The van der Waals surface area contributed by atoms with Gasteiger partial charge in [-0.15, -0.1) is 0 Å². The molecule has 14 heavy (non-hydrogen) atoms. The molecule has 86 valence electrons. The van der Waals surface area contributed by atoms with Gasteiger partial charge in [-0.1, -0.05) is 51.4 Å². The van der Waals surface area contributed by atoms with E-state index in [-0.39, 0.29) is 0 Å². The standard InChI is InChI=1S/C12H28OSi/c1-7-13-9-8-10-14(6,11(2)3)12(4)5/h11-12H,7-10H2,1-6H3. The highest BCUT2D eigenvalue weighted by molar-refractivity contribution is 6.81. The van der Waals surface area contributed by atoms with Gasteiger partial charge in [0.2, 0.25) is 0 Å². The van der Waals surface area contributed by atoms with Crippen LogP contribution in [0.5, 0.6) is 0 Å². The van der Waals surface area contributed by atoms with Crippen molar-refractivity contribution in [2.45, 2.75) is 64.7 Å². The summed E-state index contributed by atoms with van der Waals surface area (Å²) in [6, 6.07) is 1.42. The summed E-state index contributed by atoms with van der Waals surface area (Å²) in [5, 5.41) is 0. The maximum Gasteiger partial charge on any atom is 0.0556 e. The third-order valence-corrected chi connectivity index (χ3v) is 10.6. The third-order valence-electron chi connectivity index (χ3n) is 3.85. The van der Waals surface area contributed by atoms with Gasteiger partial charge in [-0.25, -0.2) is 0 Å². The Balaban J connectivity index is 3.98. The van der Waals surface area contributed by atoms with Crippen LogP contribution in [0.3, 0.4) is 0 Å². The third kappa shape index (κ3) is 4.14. The van der Waals surface area contributed by atoms with Crippen molar-refractivity contribution in [1.82, 2.24) is 0 Å². The van der Waals surface area contributed by atoms with Gasteiger partial charge in [0.25, 0.3) is 0 Å². The summed E-state index contributed by atoms with van der Waals surface area (Å²) in [7, 11) is -1.03. The summed E-state index contributed by atoms with van der Waals surface area (Å²) in [6.45, 7) is 16.0. The highest BCUT2D eigenvalue weighted by atomic mass is 28.3. The normalized spacial score (nSPS) is 12.9. The molecule has 2 heteroatoms. The lowest BCUT2D eigenvalue weighted by molar-refractivity contribution is 0.148. The van der Waals surface area contributed by atoms with Gasteiger partial charge in [-0.3, -0.25) is 0 Å². The monoisotopic (exact) mass is 216 g/mol. The maximum atomic E-state index is 5.41. The van der Waals surface area contributed by atoms with Crippen molar-refractivity contribution < 1.29 is 4.74 Å². The van der Waals surface area contributed by atoms with Crippen LogP contribution in [-0.4, -0.2) is 21.3 Å². The minimum absolute atomic E-state index is 0.863. The minimum Gasteiger partial charge on any atom is -0.382 e. The van der Waals surface area contributed by atoms with Crippen LogP contribution in [0.2, 0.25) is 23.7 Å². The van der Waals surface area contributed by atoms with E-state index >= 15 is 0 Å². The molecule has 0 aromatic rings. The van der Waals surface area contributed by atoms with Gasteiger partial charge < -0.3 is 4.74 Å². The van der Waals surface area contributed by atoms with E-state index in [0.717, 1.165) is 24.3 Å². The van der Waals surface area contributed by atoms with Crippen molar-refractivity contribution in [2.24, 2.45) is 0 Å². The molecule has 0 heterocycles. The van der Waals surface area contributed by atoms with Crippen LogP contribution in [0.15, 0.2) is 0 Å². The van der Waals surface area contributed by atoms with Crippen molar-refractivity contribution >= 4 is 8.07 Å². The van der Waals surface area contributed by atoms with Crippen LogP contribution in [0.4, 0.5) is 0 Å². The summed E-state index contributed by atoms with van der Waals surface area (Å²) >= 11 is 0. The second-order valence-electron chi connectivity index (χ2n) is 5.12. The van der Waals surface area contributed by atoms with Gasteiger partial charge in [-0.05, 0) is 13.3 Å². The lowest BCUT2D eigenvalue weighted by Gasteiger charge is -2.36. The number of ether oxygens (including phenoxy) is 1. The quantitative estimate of drug-likeness (QED) is 0.455. The number of hydrogen-bond donors (Lipinski definition) is 0. The molecule has 0 saturated heterocycles.